The van der Waals surface area contributed by atoms with Gasteiger partial charge in [-0.2, -0.15) is 5.10 Å². The summed E-state index contributed by atoms with van der Waals surface area (Å²) in [6.07, 6.45) is 6.93. The van der Waals surface area contributed by atoms with E-state index in [1.54, 1.807) is 13.4 Å². The molecular formula is C16H30N4O. The lowest BCUT2D eigenvalue weighted by molar-refractivity contribution is -0.0710. The summed E-state index contributed by atoms with van der Waals surface area (Å²) in [5, 5.41) is 4.33. The molecule has 3 atom stereocenters. The fraction of sp³-hybridized carbons (Fsp3) is 0.875. The first-order valence-corrected chi connectivity index (χ1v) is 8.14. The molecule has 5 heteroatoms. The highest BCUT2D eigenvalue weighted by atomic mass is 16.5. The predicted molar refractivity (Wildman–Crippen MR) is 83.9 cm³/mol. The molecule has 0 bridgehead atoms. The maximum Gasteiger partial charge on any atom is 0.138 e. The number of methoxy groups -OCH3 is 1. The van der Waals surface area contributed by atoms with Crippen LogP contribution in [0.1, 0.15) is 52.3 Å². The molecule has 3 unspecified atom stereocenters. The van der Waals surface area contributed by atoms with Crippen LogP contribution in [-0.4, -0.2) is 33.5 Å². The number of nitrogens with zero attached hydrogens (tertiary/aromatic N) is 3. The second-order valence-corrected chi connectivity index (χ2v) is 7.03. The van der Waals surface area contributed by atoms with Crippen LogP contribution >= 0.6 is 0 Å². The van der Waals surface area contributed by atoms with Gasteiger partial charge in [0.15, 0.2) is 0 Å². The van der Waals surface area contributed by atoms with E-state index < -0.39 is 0 Å². The van der Waals surface area contributed by atoms with Crippen molar-refractivity contribution in [1.29, 1.82) is 0 Å². The van der Waals surface area contributed by atoms with E-state index >= 15 is 0 Å². The highest BCUT2D eigenvalue weighted by Crippen LogP contribution is 2.37. The third kappa shape index (κ3) is 3.83. The molecule has 5 nitrogen and oxygen atoms in total. The minimum Gasteiger partial charge on any atom is -0.377 e. The normalized spacial score (nSPS) is 28.0. The van der Waals surface area contributed by atoms with Crippen molar-refractivity contribution in [3.8, 4) is 0 Å². The number of hydrogen-bond donors (Lipinski definition) is 1. The highest BCUT2D eigenvalue weighted by molar-refractivity contribution is 5.01. The summed E-state index contributed by atoms with van der Waals surface area (Å²) in [5.74, 6) is 2.21. The molecular weight excluding hydrogens is 264 g/mol. The van der Waals surface area contributed by atoms with Crippen LogP contribution in [0.25, 0.3) is 0 Å². The molecule has 1 heterocycles. The lowest BCUT2D eigenvalue weighted by Gasteiger charge is -2.43. The van der Waals surface area contributed by atoms with Crippen molar-refractivity contribution in [2.24, 2.45) is 17.6 Å². The Kier molecular flexibility index (Phi) is 5.38. The average Bonchev–Trinajstić information content (AvgIpc) is 2.85. The number of hydrogen-bond acceptors (Lipinski definition) is 4. The summed E-state index contributed by atoms with van der Waals surface area (Å²) in [4.78, 5) is 4.40. The molecule has 1 fully saturated rings. The Morgan fingerprint density at radius 3 is 2.90 bits per heavy atom. The summed E-state index contributed by atoms with van der Waals surface area (Å²) < 4.78 is 7.88. The Morgan fingerprint density at radius 2 is 2.29 bits per heavy atom. The average molecular weight is 294 g/mol. The van der Waals surface area contributed by atoms with E-state index in [1.165, 1.54) is 12.8 Å². The van der Waals surface area contributed by atoms with Gasteiger partial charge in [0, 0.05) is 26.1 Å². The van der Waals surface area contributed by atoms with Crippen molar-refractivity contribution in [3.63, 3.8) is 0 Å². The molecule has 120 valence electrons. The number of rotatable bonds is 6. The zero-order chi connectivity index (χ0) is 15.5. The molecule has 0 aliphatic heterocycles. The zero-order valence-corrected chi connectivity index (χ0v) is 13.9. The van der Waals surface area contributed by atoms with E-state index in [0.717, 1.165) is 31.6 Å². The van der Waals surface area contributed by atoms with Crippen molar-refractivity contribution in [2.45, 2.75) is 71.1 Å². The molecule has 21 heavy (non-hydrogen) atoms. The summed E-state index contributed by atoms with van der Waals surface area (Å²) >= 11 is 0. The Balaban J connectivity index is 2.09. The Hall–Kier alpha value is -0.940. The molecule has 0 saturated heterocycles. The van der Waals surface area contributed by atoms with Crippen molar-refractivity contribution in [2.75, 3.05) is 7.11 Å². The quantitative estimate of drug-likeness (QED) is 0.875. The van der Waals surface area contributed by atoms with E-state index in [9.17, 15) is 0 Å². The van der Waals surface area contributed by atoms with Gasteiger partial charge >= 0.3 is 0 Å². The first-order valence-electron chi connectivity index (χ1n) is 8.14. The molecule has 0 spiro atoms. The summed E-state index contributed by atoms with van der Waals surface area (Å²) in [6, 6.07) is -0.0274. The van der Waals surface area contributed by atoms with Gasteiger partial charge in [-0.05, 0) is 24.7 Å². The third-order valence-corrected chi connectivity index (χ3v) is 4.71. The van der Waals surface area contributed by atoms with Gasteiger partial charge in [0.25, 0.3) is 0 Å². The number of nitrogens with two attached hydrogens (primary N) is 1. The lowest BCUT2D eigenvalue weighted by Crippen LogP contribution is -2.53. The van der Waals surface area contributed by atoms with Crippen LogP contribution in [0, 0.1) is 11.8 Å². The van der Waals surface area contributed by atoms with Crippen LogP contribution in [0.5, 0.6) is 0 Å². The molecule has 0 amide bonds. The Morgan fingerprint density at radius 1 is 1.52 bits per heavy atom. The largest absolute Gasteiger partial charge is 0.377 e. The van der Waals surface area contributed by atoms with Gasteiger partial charge in [-0.25, -0.2) is 9.67 Å². The summed E-state index contributed by atoms with van der Waals surface area (Å²) in [5.41, 5.74) is 6.34. The molecule has 0 aromatic carbocycles. The van der Waals surface area contributed by atoms with Crippen molar-refractivity contribution in [1.82, 2.24) is 14.8 Å². The van der Waals surface area contributed by atoms with Crippen LogP contribution in [0.2, 0.25) is 0 Å². The van der Waals surface area contributed by atoms with E-state index in [0.29, 0.717) is 11.8 Å². The van der Waals surface area contributed by atoms with Crippen LogP contribution in [0.15, 0.2) is 6.33 Å². The maximum atomic E-state index is 6.54. The second kappa shape index (κ2) is 6.88. The third-order valence-electron chi connectivity index (χ3n) is 4.71. The molecule has 1 aliphatic carbocycles. The van der Waals surface area contributed by atoms with Crippen LogP contribution in [0.4, 0.5) is 0 Å². The molecule has 2 N–H and O–H groups in total. The van der Waals surface area contributed by atoms with Crippen LogP contribution in [0.3, 0.4) is 0 Å². The second-order valence-electron chi connectivity index (χ2n) is 7.03. The molecule has 2 rings (SSSR count). The lowest BCUT2D eigenvalue weighted by atomic mass is 9.74. The summed E-state index contributed by atoms with van der Waals surface area (Å²) in [7, 11) is 1.80. The zero-order valence-electron chi connectivity index (χ0n) is 13.9. The first kappa shape index (κ1) is 16.4. The molecule has 1 aromatic rings. The summed E-state index contributed by atoms with van der Waals surface area (Å²) in [6.45, 7) is 7.55. The standard InChI is InChI=1S/C16H30N4O/c1-12(2)10-20-15(18-11-19-20)8-14(17)16(21-4)7-5-6-13(3)9-16/h11-14H,5-10,17H2,1-4H3. The minimum atomic E-state index is -0.202. The van der Waals surface area contributed by atoms with E-state index in [-0.39, 0.29) is 11.6 Å². The van der Waals surface area contributed by atoms with Crippen LogP contribution in [-0.2, 0) is 17.7 Å². The van der Waals surface area contributed by atoms with Gasteiger partial charge in [-0.3, -0.25) is 0 Å². The van der Waals surface area contributed by atoms with Gasteiger partial charge in [0.2, 0.25) is 0 Å². The Bertz CT molecular complexity index is 445. The number of ether oxygens (including phenoxy) is 1. The Labute approximate surface area is 128 Å². The predicted octanol–water partition coefficient (Wildman–Crippen LogP) is 2.40. The van der Waals surface area contributed by atoms with Crippen molar-refractivity contribution >= 4 is 0 Å². The van der Waals surface area contributed by atoms with Gasteiger partial charge < -0.3 is 10.5 Å². The minimum absolute atomic E-state index is 0.0274. The van der Waals surface area contributed by atoms with Crippen molar-refractivity contribution in [3.05, 3.63) is 12.2 Å². The fourth-order valence-corrected chi connectivity index (χ4v) is 3.54. The maximum absolute atomic E-state index is 6.54. The van der Waals surface area contributed by atoms with E-state index in [1.807, 2.05) is 4.68 Å². The van der Waals surface area contributed by atoms with Gasteiger partial charge in [-0.1, -0.05) is 33.6 Å². The van der Waals surface area contributed by atoms with Gasteiger partial charge in [0.05, 0.1) is 5.60 Å². The smallest absolute Gasteiger partial charge is 0.138 e. The van der Waals surface area contributed by atoms with Gasteiger partial charge in [0.1, 0.15) is 12.2 Å². The molecule has 1 aliphatic rings. The van der Waals surface area contributed by atoms with E-state index in [2.05, 4.69) is 30.9 Å². The SMILES string of the molecule is COC1(C(N)Cc2ncnn2CC(C)C)CCCC(C)C1. The molecule has 0 radical (unpaired) electrons. The molecule has 1 aromatic heterocycles. The number of aromatic nitrogens is 3. The van der Waals surface area contributed by atoms with E-state index in [4.69, 9.17) is 10.5 Å². The van der Waals surface area contributed by atoms with Gasteiger partial charge in [-0.15, -0.1) is 0 Å². The first-order chi connectivity index (χ1) is 9.97. The van der Waals surface area contributed by atoms with Crippen LogP contribution < -0.4 is 5.73 Å². The topological polar surface area (TPSA) is 66.0 Å². The molecule has 1 saturated carbocycles. The fourth-order valence-electron chi connectivity index (χ4n) is 3.54. The monoisotopic (exact) mass is 294 g/mol. The highest BCUT2D eigenvalue weighted by Gasteiger charge is 2.40. The van der Waals surface area contributed by atoms with Crippen molar-refractivity contribution < 1.29 is 4.74 Å².